The van der Waals surface area contributed by atoms with Gasteiger partial charge in [-0.15, -0.1) is 24.0 Å². The van der Waals surface area contributed by atoms with Gasteiger partial charge in [-0.25, -0.2) is 17.8 Å². The maximum absolute atomic E-state index is 13.1. The lowest BCUT2D eigenvalue weighted by atomic mass is 10.2. The summed E-state index contributed by atoms with van der Waals surface area (Å²) >= 11 is 0. The number of rotatable bonds is 4. The van der Waals surface area contributed by atoms with Gasteiger partial charge >= 0.3 is 0 Å². The highest BCUT2D eigenvalue weighted by Gasteiger charge is 2.28. The van der Waals surface area contributed by atoms with Gasteiger partial charge in [0.15, 0.2) is 15.8 Å². The molecule has 1 aliphatic rings. The van der Waals surface area contributed by atoms with Crippen molar-refractivity contribution in [3.63, 3.8) is 0 Å². The van der Waals surface area contributed by atoms with Crippen molar-refractivity contribution in [2.75, 3.05) is 18.1 Å². The Bertz CT molecular complexity index is 622. The molecule has 1 aromatic carbocycles. The molecule has 2 N–H and O–H groups in total. The monoisotopic (exact) mass is 441 g/mol. The van der Waals surface area contributed by atoms with Crippen LogP contribution < -0.4 is 10.6 Å². The van der Waals surface area contributed by atoms with Gasteiger partial charge in [0.2, 0.25) is 0 Å². The van der Waals surface area contributed by atoms with Gasteiger partial charge in [-0.1, -0.05) is 12.1 Å². The summed E-state index contributed by atoms with van der Waals surface area (Å²) in [5.41, 5.74) is 0.770. The first-order chi connectivity index (χ1) is 9.98. The summed E-state index contributed by atoms with van der Waals surface area (Å²) in [5.74, 6) is 0.622. The molecule has 0 spiro atoms. The van der Waals surface area contributed by atoms with E-state index in [1.165, 1.54) is 12.1 Å². The Hall–Kier alpha value is -0.900. The van der Waals surface area contributed by atoms with Crippen LogP contribution in [0.25, 0.3) is 0 Å². The van der Waals surface area contributed by atoms with Crippen LogP contribution in [-0.2, 0) is 16.4 Å². The molecule has 1 heterocycles. The molecule has 22 heavy (non-hydrogen) atoms. The lowest BCUT2D eigenvalue weighted by molar-refractivity contribution is 0.599. The third kappa shape index (κ3) is 6.07. The molecule has 0 amide bonds. The number of halogens is 2. The predicted octanol–water partition coefficient (Wildman–Crippen LogP) is 1.69. The average molecular weight is 441 g/mol. The maximum Gasteiger partial charge on any atom is 0.191 e. The maximum atomic E-state index is 13.1. The van der Waals surface area contributed by atoms with Gasteiger partial charge in [0.25, 0.3) is 0 Å². The zero-order valence-electron chi connectivity index (χ0n) is 12.4. The number of hydrogen-bond donors (Lipinski definition) is 2. The third-order valence-corrected chi connectivity index (χ3v) is 4.99. The van der Waals surface area contributed by atoms with E-state index in [0.29, 0.717) is 25.5 Å². The fourth-order valence-electron chi connectivity index (χ4n) is 2.23. The number of sulfone groups is 1. The first-order valence-corrected chi connectivity index (χ1v) is 8.80. The van der Waals surface area contributed by atoms with Gasteiger partial charge in [0, 0.05) is 12.6 Å². The fraction of sp³-hybridized carbons (Fsp3) is 0.500. The predicted molar refractivity (Wildman–Crippen MR) is 96.8 cm³/mol. The van der Waals surface area contributed by atoms with E-state index >= 15 is 0 Å². The van der Waals surface area contributed by atoms with Crippen LogP contribution in [0.1, 0.15) is 18.9 Å². The molecule has 0 aromatic heterocycles. The SMILES string of the molecule is CCNC(=NCc1cccc(F)c1)NC1CCS(=O)(=O)C1.I. The number of hydrogen-bond acceptors (Lipinski definition) is 3. The van der Waals surface area contributed by atoms with E-state index in [9.17, 15) is 12.8 Å². The van der Waals surface area contributed by atoms with Crippen molar-refractivity contribution in [1.29, 1.82) is 0 Å². The summed E-state index contributed by atoms with van der Waals surface area (Å²) in [6, 6.07) is 6.16. The Morgan fingerprint density at radius 3 is 2.82 bits per heavy atom. The molecule has 1 unspecified atom stereocenters. The van der Waals surface area contributed by atoms with Gasteiger partial charge in [0.05, 0.1) is 18.1 Å². The molecule has 5 nitrogen and oxygen atoms in total. The van der Waals surface area contributed by atoms with Gasteiger partial charge < -0.3 is 10.6 Å². The minimum atomic E-state index is -2.92. The molecule has 0 radical (unpaired) electrons. The highest BCUT2D eigenvalue weighted by Crippen LogP contribution is 2.11. The van der Waals surface area contributed by atoms with E-state index in [2.05, 4.69) is 15.6 Å². The lowest BCUT2D eigenvalue weighted by Crippen LogP contribution is -2.44. The Morgan fingerprint density at radius 1 is 1.45 bits per heavy atom. The van der Waals surface area contributed by atoms with E-state index < -0.39 is 9.84 Å². The molecule has 1 atom stereocenters. The summed E-state index contributed by atoms with van der Waals surface area (Å²) < 4.78 is 36.0. The normalized spacial score (nSPS) is 20.3. The molecular weight excluding hydrogens is 420 g/mol. The van der Waals surface area contributed by atoms with Crippen molar-refractivity contribution in [3.05, 3.63) is 35.6 Å². The summed E-state index contributed by atoms with van der Waals surface area (Å²) in [5, 5.41) is 6.20. The number of nitrogens with one attached hydrogen (secondary N) is 2. The minimum Gasteiger partial charge on any atom is -0.357 e. The highest BCUT2D eigenvalue weighted by molar-refractivity contribution is 14.0. The topological polar surface area (TPSA) is 70.6 Å². The van der Waals surface area contributed by atoms with Crippen LogP contribution in [0.4, 0.5) is 4.39 Å². The smallest absolute Gasteiger partial charge is 0.191 e. The van der Waals surface area contributed by atoms with E-state index in [-0.39, 0.29) is 47.3 Å². The van der Waals surface area contributed by atoms with E-state index in [1.807, 2.05) is 6.92 Å². The molecule has 0 bridgehead atoms. The second kappa shape index (κ2) is 8.66. The summed E-state index contributed by atoms with van der Waals surface area (Å²) in [4.78, 5) is 4.37. The number of benzene rings is 1. The Kier molecular flexibility index (Phi) is 7.54. The zero-order chi connectivity index (χ0) is 15.3. The fourth-order valence-corrected chi connectivity index (χ4v) is 3.90. The Labute approximate surface area is 147 Å². The van der Waals surface area contributed by atoms with Crippen LogP contribution in [0.5, 0.6) is 0 Å². The van der Waals surface area contributed by atoms with Crippen molar-refractivity contribution >= 4 is 39.8 Å². The van der Waals surface area contributed by atoms with Gasteiger partial charge in [-0.2, -0.15) is 0 Å². The number of guanidine groups is 1. The van der Waals surface area contributed by atoms with Gasteiger partial charge in [0.1, 0.15) is 5.82 Å². The van der Waals surface area contributed by atoms with E-state index in [4.69, 9.17) is 0 Å². The minimum absolute atomic E-state index is 0. The van der Waals surface area contributed by atoms with Crippen LogP contribution in [0.2, 0.25) is 0 Å². The van der Waals surface area contributed by atoms with Crippen molar-refractivity contribution < 1.29 is 12.8 Å². The summed E-state index contributed by atoms with van der Waals surface area (Å²) in [6.45, 7) is 2.95. The molecular formula is C14H21FIN3O2S. The van der Waals surface area contributed by atoms with Crippen molar-refractivity contribution in [3.8, 4) is 0 Å². The lowest BCUT2D eigenvalue weighted by Gasteiger charge is -2.15. The van der Waals surface area contributed by atoms with Crippen LogP contribution in [0, 0.1) is 5.82 Å². The van der Waals surface area contributed by atoms with Crippen molar-refractivity contribution in [2.24, 2.45) is 4.99 Å². The molecule has 1 saturated heterocycles. The largest absolute Gasteiger partial charge is 0.357 e. The molecule has 2 rings (SSSR count). The molecule has 1 aromatic rings. The molecule has 0 aliphatic carbocycles. The third-order valence-electron chi connectivity index (χ3n) is 3.23. The second-order valence-electron chi connectivity index (χ2n) is 5.07. The average Bonchev–Trinajstić information content (AvgIpc) is 2.76. The second-order valence-corrected chi connectivity index (χ2v) is 7.30. The van der Waals surface area contributed by atoms with Gasteiger partial charge in [-0.3, -0.25) is 0 Å². The number of nitrogens with zero attached hydrogens (tertiary/aromatic N) is 1. The molecule has 8 heteroatoms. The summed E-state index contributed by atoms with van der Waals surface area (Å²) in [7, 11) is -2.92. The first kappa shape index (κ1) is 19.1. The molecule has 0 saturated carbocycles. The molecule has 1 aliphatic heterocycles. The van der Waals surface area contributed by atoms with Crippen molar-refractivity contribution in [1.82, 2.24) is 10.6 Å². The first-order valence-electron chi connectivity index (χ1n) is 6.98. The van der Waals surface area contributed by atoms with Crippen LogP contribution in [0.15, 0.2) is 29.3 Å². The quantitative estimate of drug-likeness (QED) is 0.424. The van der Waals surface area contributed by atoms with Crippen molar-refractivity contribution in [2.45, 2.75) is 25.9 Å². The van der Waals surface area contributed by atoms with Crippen LogP contribution in [-0.4, -0.2) is 38.5 Å². The Morgan fingerprint density at radius 2 is 2.23 bits per heavy atom. The van der Waals surface area contributed by atoms with Crippen LogP contribution >= 0.6 is 24.0 Å². The molecule has 124 valence electrons. The van der Waals surface area contributed by atoms with E-state index in [1.54, 1.807) is 12.1 Å². The van der Waals surface area contributed by atoms with Gasteiger partial charge in [-0.05, 0) is 31.0 Å². The standard InChI is InChI=1S/C14H20FN3O2S.HI/c1-2-16-14(18-13-6-7-21(19,20)10-13)17-9-11-4-3-5-12(15)8-11;/h3-5,8,13H,2,6-7,9-10H2,1H3,(H2,16,17,18);1H. The van der Waals surface area contributed by atoms with E-state index in [0.717, 1.165) is 5.56 Å². The Balaban J connectivity index is 0.00000242. The summed E-state index contributed by atoms with van der Waals surface area (Å²) in [6.07, 6.45) is 0.590. The van der Waals surface area contributed by atoms with Crippen LogP contribution in [0.3, 0.4) is 0 Å². The zero-order valence-corrected chi connectivity index (χ0v) is 15.5. The molecule has 1 fully saturated rings. The highest BCUT2D eigenvalue weighted by atomic mass is 127. The number of aliphatic imine (C=N–C) groups is 1.